The summed E-state index contributed by atoms with van der Waals surface area (Å²) in [6.07, 6.45) is -0.247. The SMILES string of the molecule is CCOC(=O)C(C(=O)OCC)[C@@H](C)[C@](C#N)(CCC(C)=O)C(=O)OCC. The molecule has 8 heteroatoms. The van der Waals surface area contributed by atoms with Gasteiger partial charge in [-0.25, -0.2) is 0 Å². The van der Waals surface area contributed by atoms with Gasteiger partial charge >= 0.3 is 17.9 Å². The Labute approximate surface area is 153 Å². The average molecular weight is 369 g/mol. The lowest BCUT2D eigenvalue weighted by Crippen LogP contribution is -2.47. The highest BCUT2D eigenvalue weighted by Crippen LogP contribution is 2.40. The fourth-order valence-electron chi connectivity index (χ4n) is 2.61. The molecule has 2 atom stereocenters. The van der Waals surface area contributed by atoms with Gasteiger partial charge in [0.1, 0.15) is 5.78 Å². The minimum Gasteiger partial charge on any atom is -0.465 e. The molecule has 0 aromatic carbocycles. The normalized spacial score (nSPS) is 13.9. The molecule has 8 nitrogen and oxygen atoms in total. The lowest BCUT2D eigenvalue weighted by molar-refractivity contribution is -0.169. The van der Waals surface area contributed by atoms with Gasteiger partial charge in [-0.05, 0) is 34.1 Å². The Bertz CT molecular complexity index is 548. The van der Waals surface area contributed by atoms with E-state index in [1.807, 2.05) is 6.07 Å². The summed E-state index contributed by atoms with van der Waals surface area (Å²) in [5.41, 5.74) is -1.86. The quantitative estimate of drug-likeness (QED) is 0.307. The average Bonchev–Trinajstić information content (AvgIpc) is 2.56. The Hall–Kier alpha value is -2.43. The van der Waals surface area contributed by atoms with Gasteiger partial charge in [0, 0.05) is 12.3 Å². The van der Waals surface area contributed by atoms with Gasteiger partial charge in [0.25, 0.3) is 0 Å². The summed E-state index contributed by atoms with van der Waals surface area (Å²) in [6.45, 7) is 7.52. The molecule has 0 spiro atoms. The summed E-state index contributed by atoms with van der Waals surface area (Å²) < 4.78 is 14.9. The summed E-state index contributed by atoms with van der Waals surface area (Å²) in [5, 5.41) is 9.76. The first-order chi connectivity index (χ1) is 12.2. The molecule has 0 unspecified atom stereocenters. The first-order valence-electron chi connectivity index (χ1n) is 8.62. The minimum absolute atomic E-state index is 0.0124. The highest BCUT2D eigenvalue weighted by molar-refractivity contribution is 5.96. The van der Waals surface area contributed by atoms with Gasteiger partial charge in [0.15, 0.2) is 11.3 Å². The summed E-state index contributed by atoms with van der Waals surface area (Å²) in [4.78, 5) is 48.6. The number of nitrogens with zero attached hydrogens (tertiary/aromatic N) is 1. The van der Waals surface area contributed by atoms with Crippen LogP contribution in [0.3, 0.4) is 0 Å². The molecule has 0 aliphatic heterocycles. The molecule has 0 radical (unpaired) electrons. The number of hydrogen-bond donors (Lipinski definition) is 0. The van der Waals surface area contributed by atoms with Crippen molar-refractivity contribution in [1.29, 1.82) is 5.26 Å². The molecule has 0 aromatic rings. The summed E-state index contributed by atoms with van der Waals surface area (Å²) in [6, 6.07) is 1.89. The van der Waals surface area contributed by atoms with Crippen LogP contribution in [0.4, 0.5) is 0 Å². The van der Waals surface area contributed by atoms with E-state index in [0.717, 1.165) is 0 Å². The van der Waals surface area contributed by atoms with Crippen molar-refractivity contribution in [2.45, 2.75) is 47.5 Å². The largest absolute Gasteiger partial charge is 0.465 e. The summed E-state index contributed by atoms with van der Waals surface area (Å²) in [5.74, 6) is -5.47. The number of ketones is 1. The number of esters is 3. The van der Waals surface area contributed by atoms with Crippen LogP contribution in [0.25, 0.3) is 0 Å². The van der Waals surface area contributed by atoms with Gasteiger partial charge in [0.05, 0.1) is 25.9 Å². The molecule has 146 valence electrons. The van der Waals surface area contributed by atoms with E-state index in [9.17, 15) is 24.4 Å². The van der Waals surface area contributed by atoms with Crippen LogP contribution in [0.15, 0.2) is 0 Å². The first kappa shape index (κ1) is 23.6. The third kappa shape index (κ3) is 5.83. The number of carbonyl (C=O) groups excluding carboxylic acids is 4. The van der Waals surface area contributed by atoms with E-state index in [0.29, 0.717) is 0 Å². The summed E-state index contributed by atoms with van der Waals surface area (Å²) in [7, 11) is 0. The molecule has 0 aromatic heterocycles. The van der Waals surface area contributed by atoms with Crippen molar-refractivity contribution in [3.05, 3.63) is 0 Å². The maximum absolute atomic E-state index is 12.6. The van der Waals surface area contributed by atoms with E-state index in [-0.39, 0.29) is 38.4 Å². The van der Waals surface area contributed by atoms with Crippen LogP contribution in [0.5, 0.6) is 0 Å². The molecule has 0 saturated heterocycles. The third-order valence-corrected chi connectivity index (χ3v) is 4.07. The molecule has 26 heavy (non-hydrogen) atoms. The van der Waals surface area contributed by atoms with E-state index >= 15 is 0 Å². The molecular formula is C18H27NO7. The third-order valence-electron chi connectivity index (χ3n) is 4.07. The second kappa shape index (κ2) is 11.2. The molecule has 0 aliphatic rings. The fraction of sp³-hybridized carbons (Fsp3) is 0.722. The Morgan fingerprint density at radius 2 is 1.42 bits per heavy atom. The van der Waals surface area contributed by atoms with Crippen molar-refractivity contribution in [3.8, 4) is 6.07 Å². The fourth-order valence-corrected chi connectivity index (χ4v) is 2.61. The van der Waals surface area contributed by atoms with Crippen molar-refractivity contribution < 1.29 is 33.4 Å². The van der Waals surface area contributed by atoms with E-state index in [2.05, 4.69) is 0 Å². The van der Waals surface area contributed by atoms with E-state index in [4.69, 9.17) is 14.2 Å². The zero-order valence-corrected chi connectivity index (χ0v) is 16.0. The molecule has 0 heterocycles. The molecule has 0 aliphatic carbocycles. The van der Waals surface area contributed by atoms with E-state index < -0.39 is 35.2 Å². The predicted octanol–water partition coefficient (Wildman–Crippen LogP) is 1.81. The Balaban J connectivity index is 6.07. The molecule has 0 N–H and O–H groups in total. The van der Waals surface area contributed by atoms with Crippen molar-refractivity contribution in [3.63, 3.8) is 0 Å². The van der Waals surface area contributed by atoms with Crippen LogP contribution in [0, 0.1) is 28.6 Å². The lowest BCUT2D eigenvalue weighted by Gasteiger charge is -2.33. The Kier molecular flexibility index (Phi) is 10.2. The predicted molar refractivity (Wildman–Crippen MR) is 90.5 cm³/mol. The second-order valence-corrected chi connectivity index (χ2v) is 5.78. The van der Waals surface area contributed by atoms with Gasteiger partial charge in [-0.15, -0.1) is 0 Å². The highest BCUT2D eigenvalue weighted by Gasteiger charge is 2.53. The van der Waals surface area contributed by atoms with Crippen LogP contribution in [-0.2, 0) is 33.4 Å². The first-order valence-corrected chi connectivity index (χ1v) is 8.62. The van der Waals surface area contributed by atoms with Crippen molar-refractivity contribution in [2.24, 2.45) is 17.3 Å². The van der Waals surface area contributed by atoms with Gasteiger partial charge in [0.2, 0.25) is 0 Å². The van der Waals surface area contributed by atoms with E-state index in [1.165, 1.54) is 13.8 Å². The maximum Gasteiger partial charge on any atom is 0.326 e. The standard InChI is InChI=1S/C18H27NO7/c1-6-24-15(21)14(16(22)25-7-2)13(5)18(11-19,10-9-12(4)20)17(23)26-8-3/h13-14H,6-10H2,1-5H3/t13-,18-/m1/s1. The Morgan fingerprint density at radius 3 is 1.77 bits per heavy atom. The van der Waals surface area contributed by atoms with Gasteiger partial charge in [-0.2, -0.15) is 5.26 Å². The molecule has 0 bridgehead atoms. The number of hydrogen-bond acceptors (Lipinski definition) is 8. The molecule has 0 amide bonds. The van der Waals surface area contributed by atoms with Crippen molar-refractivity contribution >= 4 is 23.7 Å². The second-order valence-electron chi connectivity index (χ2n) is 5.78. The number of nitriles is 1. The number of ether oxygens (including phenoxy) is 3. The minimum atomic E-state index is -1.86. The monoisotopic (exact) mass is 369 g/mol. The van der Waals surface area contributed by atoms with Crippen LogP contribution in [0.1, 0.15) is 47.5 Å². The van der Waals surface area contributed by atoms with Crippen LogP contribution < -0.4 is 0 Å². The number of rotatable bonds is 11. The van der Waals surface area contributed by atoms with Crippen LogP contribution >= 0.6 is 0 Å². The topological polar surface area (TPSA) is 120 Å². The molecule has 0 rings (SSSR count). The van der Waals surface area contributed by atoms with Crippen LogP contribution in [-0.4, -0.2) is 43.5 Å². The van der Waals surface area contributed by atoms with Gasteiger partial charge < -0.3 is 19.0 Å². The molecular weight excluding hydrogens is 342 g/mol. The molecule has 0 saturated carbocycles. The highest BCUT2D eigenvalue weighted by atomic mass is 16.6. The zero-order chi connectivity index (χ0) is 20.3. The van der Waals surface area contributed by atoms with Gasteiger partial charge in [-0.1, -0.05) is 6.92 Å². The van der Waals surface area contributed by atoms with Gasteiger partial charge in [-0.3, -0.25) is 14.4 Å². The maximum atomic E-state index is 12.6. The van der Waals surface area contributed by atoms with Crippen molar-refractivity contribution in [1.82, 2.24) is 0 Å². The number of Topliss-reactive ketones (excluding diaryl/α,β-unsaturated/α-hetero) is 1. The summed E-state index contributed by atoms with van der Waals surface area (Å²) >= 11 is 0. The smallest absolute Gasteiger partial charge is 0.326 e. The zero-order valence-electron chi connectivity index (χ0n) is 16.0. The van der Waals surface area contributed by atoms with Crippen molar-refractivity contribution in [2.75, 3.05) is 19.8 Å². The lowest BCUT2D eigenvalue weighted by atomic mass is 9.68. The van der Waals surface area contributed by atoms with E-state index in [1.54, 1.807) is 20.8 Å². The Morgan fingerprint density at radius 1 is 0.962 bits per heavy atom. The molecule has 0 fully saturated rings. The number of carbonyl (C=O) groups is 4. The van der Waals surface area contributed by atoms with Crippen LogP contribution in [0.2, 0.25) is 0 Å².